The first-order chi connectivity index (χ1) is 26.4. The van der Waals surface area contributed by atoms with Gasteiger partial charge in [0.1, 0.15) is 35.3 Å². The van der Waals surface area contributed by atoms with Crippen molar-refractivity contribution in [2.45, 2.75) is 106 Å². The Labute approximate surface area is 318 Å². The van der Waals surface area contributed by atoms with E-state index in [1.54, 1.807) is 13.0 Å². The van der Waals surface area contributed by atoms with Crippen molar-refractivity contribution in [2.24, 2.45) is 5.92 Å². The van der Waals surface area contributed by atoms with Crippen LogP contribution in [0.1, 0.15) is 86.7 Å². The summed E-state index contributed by atoms with van der Waals surface area (Å²) in [6.45, 7) is 2.60. The van der Waals surface area contributed by atoms with Gasteiger partial charge in [-0.15, -0.1) is 0 Å². The zero-order valence-corrected chi connectivity index (χ0v) is 31.1. The van der Waals surface area contributed by atoms with Gasteiger partial charge in [-0.1, -0.05) is 30.2 Å². The lowest BCUT2D eigenvalue weighted by molar-refractivity contribution is -0.143. The van der Waals surface area contributed by atoms with Crippen LogP contribution in [0.2, 0.25) is 0 Å². The van der Waals surface area contributed by atoms with Gasteiger partial charge < -0.3 is 24.8 Å². The monoisotopic (exact) mass is 805 g/mol. The number of fused-ring (bicyclic) bond motifs is 3. The van der Waals surface area contributed by atoms with Crippen LogP contribution in [-0.2, 0) is 30.6 Å². The van der Waals surface area contributed by atoms with Crippen LogP contribution in [0.15, 0.2) is 40.9 Å². The van der Waals surface area contributed by atoms with Gasteiger partial charge in [-0.2, -0.15) is 13.2 Å². The number of rotatable bonds is 7. The first-order valence-electron chi connectivity index (χ1n) is 18.2. The molecule has 3 fully saturated rings. The van der Waals surface area contributed by atoms with Crippen molar-refractivity contribution in [3.8, 4) is 5.88 Å². The second-order valence-corrected chi connectivity index (χ2v) is 17.3. The standard InChI is InChI=1S/C36H39F4N7O8S/c1-19-14-26(45-55-19)29(48)42-24-9-7-5-3-4-6-8-20-17-35(20,33(51)46-56(52,53)34(2)12-13-34)44-30(49)27-16-22(18-47(27)32(24)50)54-31-28(36(38,39)40)41-23-11-10-21(37)15-25(23)43-31/h6,8,10-11,14-15,20,22,24,27H,3-5,7,9,12-13,16-18H2,1-2H3,(H,42,48)(H,44,49)(H,46,51). The summed E-state index contributed by atoms with van der Waals surface area (Å²) >= 11 is 0. The fraction of sp³-hybridized carbons (Fsp3) is 0.528. The fourth-order valence-corrected chi connectivity index (χ4v) is 8.40. The predicted molar refractivity (Wildman–Crippen MR) is 187 cm³/mol. The lowest BCUT2D eigenvalue weighted by Crippen LogP contribution is -2.58. The molecule has 0 spiro atoms. The molecule has 3 N–H and O–H groups in total. The van der Waals surface area contributed by atoms with Crippen LogP contribution in [0.5, 0.6) is 5.88 Å². The smallest absolute Gasteiger partial charge is 0.438 e. The highest BCUT2D eigenvalue weighted by Crippen LogP contribution is 2.47. The summed E-state index contributed by atoms with van der Waals surface area (Å²) in [5.41, 5.74) is -3.83. The minimum Gasteiger partial charge on any atom is -0.471 e. The summed E-state index contributed by atoms with van der Waals surface area (Å²) in [5, 5.41) is 9.03. The Morgan fingerprint density at radius 3 is 2.55 bits per heavy atom. The van der Waals surface area contributed by atoms with Crippen LogP contribution < -0.4 is 20.1 Å². The molecule has 15 nitrogen and oxygen atoms in total. The Kier molecular flexibility index (Phi) is 10.1. The van der Waals surface area contributed by atoms with Crippen molar-refractivity contribution in [1.29, 1.82) is 0 Å². The van der Waals surface area contributed by atoms with E-state index in [4.69, 9.17) is 9.26 Å². The maximum Gasteiger partial charge on any atom is 0.438 e. The van der Waals surface area contributed by atoms with E-state index in [9.17, 15) is 45.2 Å². The molecule has 5 atom stereocenters. The van der Waals surface area contributed by atoms with Gasteiger partial charge in [0.2, 0.25) is 33.4 Å². The highest BCUT2D eigenvalue weighted by molar-refractivity contribution is 7.91. The number of ether oxygens (including phenoxy) is 1. The minimum absolute atomic E-state index is 0.0435. The highest BCUT2D eigenvalue weighted by Gasteiger charge is 2.63. The van der Waals surface area contributed by atoms with E-state index in [0.717, 1.165) is 23.1 Å². The molecular formula is C36H39F4N7O8S. The molecule has 0 radical (unpaired) electrons. The highest BCUT2D eigenvalue weighted by atomic mass is 32.2. The van der Waals surface area contributed by atoms with E-state index in [2.05, 4.69) is 30.5 Å². The van der Waals surface area contributed by atoms with Crippen LogP contribution in [-0.4, -0.2) is 87.1 Å². The lowest BCUT2D eigenvalue weighted by atomic mass is 10.0. The number of halogens is 4. The van der Waals surface area contributed by atoms with Crippen molar-refractivity contribution >= 4 is 44.7 Å². The molecule has 1 saturated heterocycles. The van der Waals surface area contributed by atoms with E-state index in [0.29, 0.717) is 44.3 Å². The van der Waals surface area contributed by atoms with Crippen LogP contribution in [0, 0.1) is 18.7 Å². The number of sulfonamides is 1. The molecule has 20 heteroatoms. The van der Waals surface area contributed by atoms with Gasteiger partial charge in [-0.25, -0.2) is 22.8 Å². The van der Waals surface area contributed by atoms with E-state index in [1.165, 1.54) is 13.0 Å². The normalized spacial score (nSPS) is 26.6. The Morgan fingerprint density at radius 2 is 1.86 bits per heavy atom. The van der Waals surface area contributed by atoms with Gasteiger partial charge >= 0.3 is 6.18 Å². The number of carbonyl (C=O) groups is 4. The minimum atomic E-state index is -5.07. The van der Waals surface area contributed by atoms with Crippen molar-refractivity contribution < 1.29 is 54.4 Å². The van der Waals surface area contributed by atoms with Crippen molar-refractivity contribution in [3.63, 3.8) is 0 Å². The van der Waals surface area contributed by atoms with Crippen molar-refractivity contribution in [1.82, 2.24) is 35.4 Å². The van der Waals surface area contributed by atoms with Gasteiger partial charge in [-0.05, 0) is 64.5 Å². The largest absolute Gasteiger partial charge is 0.471 e. The second kappa shape index (κ2) is 14.4. The van der Waals surface area contributed by atoms with Crippen molar-refractivity contribution in [2.75, 3.05) is 6.54 Å². The number of alkyl halides is 3. The number of hydrogen-bond acceptors (Lipinski definition) is 11. The number of aryl methyl sites for hydroxylation is 1. The summed E-state index contributed by atoms with van der Waals surface area (Å²) < 4.78 is 94.8. The van der Waals surface area contributed by atoms with Crippen LogP contribution in [0.25, 0.3) is 11.0 Å². The molecule has 2 aromatic heterocycles. The van der Waals surface area contributed by atoms with E-state index in [-0.39, 0.29) is 29.6 Å². The average molecular weight is 806 g/mol. The molecule has 300 valence electrons. The van der Waals surface area contributed by atoms with E-state index >= 15 is 0 Å². The van der Waals surface area contributed by atoms with Crippen molar-refractivity contribution in [3.05, 3.63) is 59.4 Å². The Bertz CT molecular complexity index is 2230. The summed E-state index contributed by atoms with van der Waals surface area (Å²) in [4.78, 5) is 64.3. The number of aromatic nitrogens is 3. The fourth-order valence-electron chi connectivity index (χ4n) is 7.09. The molecule has 4 heterocycles. The van der Waals surface area contributed by atoms with Crippen LogP contribution >= 0.6 is 0 Å². The van der Waals surface area contributed by atoms with Gasteiger partial charge in [0.05, 0.1) is 22.3 Å². The molecule has 1 aromatic carbocycles. The topological polar surface area (TPSA) is 203 Å². The molecule has 5 unspecified atom stereocenters. The third kappa shape index (κ3) is 7.79. The number of nitrogens with one attached hydrogen (secondary N) is 3. The first-order valence-corrected chi connectivity index (χ1v) is 19.7. The molecule has 2 aliphatic carbocycles. The second-order valence-electron chi connectivity index (χ2n) is 15.1. The van der Waals surface area contributed by atoms with E-state index in [1.807, 2.05) is 6.08 Å². The molecule has 3 aromatic rings. The molecule has 4 amide bonds. The van der Waals surface area contributed by atoms with Gasteiger partial charge in [-0.3, -0.25) is 23.9 Å². The van der Waals surface area contributed by atoms with Gasteiger partial charge in [0, 0.05) is 24.5 Å². The van der Waals surface area contributed by atoms with Crippen LogP contribution in [0.4, 0.5) is 17.6 Å². The third-order valence-corrected chi connectivity index (χ3v) is 12.9. The Balaban J connectivity index is 1.23. The number of nitrogens with zero attached hydrogens (tertiary/aromatic N) is 4. The summed E-state index contributed by atoms with van der Waals surface area (Å²) in [7, 11) is -4.11. The quantitative estimate of drug-likeness (QED) is 0.233. The number of benzene rings is 1. The number of hydrogen-bond donors (Lipinski definition) is 3. The molecule has 2 aliphatic heterocycles. The zero-order chi connectivity index (χ0) is 40.2. The summed E-state index contributed by atoms with van der Waals surface area (Å²) in [6.07, 6.45) is -0.0495. The average Bonchev–Trinajstić information content (AvgIpc) is 3.93. The first kappa shape index (κ1) is 39.1. The van der Waals surface area contributed by atoms with Crippen LogP contribution in [0.3, 0.4) is 0 Å². The molecule has 7 rings (SSSR count). The lowest BCUT2D eigenvalue weighted by Gasteiger charge is -2.30. The molecule has 4 aliphatic rings. The molecule has 2 saturated carbocycles. The molecule has 0 bridgehead atoms. The van der Waals surface area contributed by atoms with Gasteiger partial charge in [0.15, 0.2) is 5.69 Å². The Hall–Kier alpha value is -5.14. The third-order valence-electron chi connectivity index (χ3n) is 10.8. The summed E-state index contributed by atoms with van der Waals surface area (Å²) in [6, 6.07) is 1.49. The van der Waals surface area contributed by atoms with Gasteiger partial charge in [0.25, 0.3) is 11.8 Å². The van der Waals surface area contributed by atoms with E-state index < -0.39 is 105 Å². The maximum atomic E-state index is 14.4. The maximum absolute atomic E-state index is 14.4. The Morgan fingerprint density at radius 1 is 1.09 bits per heavy atom. The summed E-state index contributed by atoms with van der Waals surface area (Å²) in [5.74, 6) is -5.43. The zero-order valence-electron chi connectivity index (χ0n) is 30.3. The predicted octanol–water partition coefficient (Wildman–Crippen LogP) is 3.62. The molecule has 56 heavy (non-hydrogen) atoms. The molecular weight excluding hydrogens is 766 g/mol. The number of allylic oxidation sites excluding steroid dienone is 1. The number of carbonyl (C=O) groups excluding carboxylic acids is 4. The SMILES string of the molecule is Cc1cc(C(=O)NC2CCCCCC=CC3CC3(C(=O)NS(=O)(=O)C3(C)CC3)NC(=O)C3CC(Oc4nc5cc(F)ccc5nc4C(F)(F)F)CN3C2=O)no1. The number of amides is 4.